The monoisotopic (exact) mass is 333 g/mol. The summed E-state index contributed by atoms with van der Waals surface area (Å²) in [6, 6.07) is 3.85. The number of fused-ring (bicyclic) bond motifs is 1. The molecule has 2 aliphatic heterocycles. The summed E-state index contributed by atoms with van der Waals surface area (Å²) in [4.78, 5) is 14.5. The zero-order valence-electron chi connectivity index (χ0n) is 13.1. The third-order valence-corrected chi connectivity index (χ3v) is 4.21. The van der Waals surface area contributed by atoms with Gasteiger partial charge in [-0.2, -0.15) is 0 Å². The highest BCUT2D eigenvalue weighted by molar-refractivity contribution is 5.83. The molecule has 7 nitrogen and oxygen atoms in total. The van der Waals surface area contributed by atoms with Crippen LogP contribution in [-0.2, 0) is 16.0 Å². The van der Waals surface area contributed by atoms with Crippen molar-refractivity contribution in [3.8, 4) is 5.75 Å². The molecule has 0 aliphatic carbocycles. The molecular formula is C16H16FN3O4. The van der Waals surface area contributed by atoms with Gasteiger partial charge in [-0.25, -0.2) is 4.39 Å². The van der Waals surface area contributed by atoms with E-state index in [0.29, 0.717) is 49.3 Å². The highest BCUT2D eigenvalue weighted by Gasteiger charge is 2.39. The van der Waals surface area contributed by atoms with E-state index in [0.717, 1.165) is 0 Å². The molecule has 4 rings (SSSR count). The molecule has 1 amide bonds. The molecule has 3 heterocycles. The van der Waals surface area contributed by atoms with E-state index in [2.05, 4.69) is 10.2 Å². The Morgan fingerprint density at radius 1 is 1.38 bits per heavy atom. The van der Waals surface area contributed by atoms with Crippen LogP contribution in [0.3, 0.4) is 0 Å². The second-order valence-electron chi connectivity index (χ2n) is 5.84. The number of aryl methyl sites for hydroxylation is 1. The zero-order chi connectivity index (χ0) is 16.7. The highest BCUT2D eigenvalue weighted by atomic mass is 19.1. The first-order valence-corrected chi connectivity index (χ1v) is 7.75. The van der Waals surface area contributed by atoms with Gasteiger partial charge in [0.1, 0.15) is 17.6 Å². The fourth-order valence-corrected chi connectivity index (χ4v) is 3.06. The number of ether oxygens (including phenoxy) is 2. The van der Waals surface area contributed by atoms with Crippen LogP contribution < -0.4 is 4.74 Å². The fraction of sp³-hybridized carbons (Fsp3) is 0.438. The van der Waals surface area contributed by atoms with Gasteiger partial charge in [-0.15, -0.1) is 10.2 Å². The van der Waals surface area contributed by atoms with Crippen molar-refractivity contribution in [3.05, 3.63) is 41.4 Å². The van der Waals surface area contributed by atoms with Crippen LogP contribution >= 0.6 is 0 Å². The number of halogens is 1. The van der Waals surface area contributed by atoms with Crippen molar-refractivity contribution in [2.24, 2.45) is 0 Å². The number of morpholine rings is 1. The lowest BCUT2D eigenvalue weighted by atomic mass is 10.1. The van der Waals surface area contributed by atoms with Crippen molar-refractivity contribution in [1.29, 1.82) is 0 Å². The minimum absolute atomic E-state index is 0.184. The molecule has 2 atom stereocenters. The molecule has 24 heavy (non-hydrogen) atoms. The smallest absolute Gasteiger partial charge is 0.264 e. The third-order valence-electron chi connectivity index (χ3n) is 4.21. The minimum atomic E-state index is -0.675. The Morgan fingerprint density at radius 3 is 3.04 bits per heavy atom. The Balaban J connectivity index is 1.55. The molecule has 8 heteroatoms. The van der Waals surface area contributed by atoms with Gasteiger partial charge in [-0.3, -0.25) is 4.79 Å². The lowest BCUT2D eigenvalue weighted by molar-refractivity contribution is -0.148. The molecule has 126 valence electrons. The highest BCUT2D eigenvalue weighted by Crippen LogP contribution is 2.32. The maximum Gasteiger partial charge on any atom is 0.264 e. The van der Waals surface area contributed by atoms with E-state index in [-0.39, 0.29) is 11.7 Å². The lowest BCUT2D eigenvalue weighted by Crippen LogP contribution is -2.49. The Bertz CT molecular complexity index is 778. The number of hydrogen-bond donors (Lipinski definition) is 0. The number of hydrogen-bond acceptors (Lipinski definition) is 6. The molecule has 1 aromatic heterocycles. The molecule has 0 bridgehead atoms. The normalized spacial score (nSPS) is 23.0. The van der Waals surface area contributed by atoms with Gasteiger partial charge < -0.3 is 18.8 Å². The number of carbonyl (C=O) groups excluding carboxylic acids is 1. The number of nitrogens with zero attached hydrogens (tertiary/aromatic N) is 3. The average molecular weight is 333 g/mol. The summed E-state index contributed by atoms with van der Waals surface area (Å²) < 4.78 is 29.9. The van der Waals surface area contributed by atoms with E-state index in [1.807, 2.05) is 0 Å². The van der Waals surface area contributed by atoms with E-state index < -0.39 is 12.1 Å². The molecule has 0 N–H and O–H groups in total. The van der Waals surface area contributed by atoms with Crippen LogP contribution in [0.4, 0.5) is 4.39 Å². The first-order chi connectivity index (χ1) is 11.6. The van der Waals surface area contributed by atoms with Crippen LogP contribution in [0.15, 0.2) is 22.6 Å². The van der Waals surface area contributed by atoms with Crippen LogP contribution in [0.2, 0.25) is 0 Å². The van der Waals surface area contributed by atoms with Gasteiger partial charge >= 0.3 is 0 Å². The maximum absolute atomic E-state index is 13.3. The molecule has 1 saturated heterocycles. The largest absolute Gasteiger partial charge is 0.480 e. The van der Waals surface area contributed by atoms with Gasteiger partial charge in [0.05, 0.1) is 13.2 Å². The predicted octanol–water partition coefficient (Wildman–Crippen LogP) is 1.42. The molecular weight excluding hydrogens is 317 g/mol. The molecule has 2 aliphatic rings. The number of aromatic nitrogens is 2. The molecule has 0 unspecified atom stereocenters. The summed E-state index contributed by atoms with van der Waals surface area (Å²) in [6.45, 7) is 2.83. The average Bonchev–Trinajstić information content (AvgIpc) is 3.20. The van der Waals surface area contributed by atoms with E-state index in [4.69, 9.17) is 13.9 Å². The maximum atomic E-state index is 13.3. The van der Waals surface area contributed by atoms with Crippen LogP contribution in [0.1, 0.15) is 23.4 Å². The standard InChI is InChI=1S/C16H16FN3O4/c1-9-18-19-15(23-9)12-8-22-5-4-20(12)16(21)14-7-10-6-11(17)2-3-13(10)24-14/h2-3,6,12,14H,4-5,7-8H2,1H3/t12-,14+/m1/s1. The number of rotatable bonds is 2. The summed E-state index contributed by atoms with van der Waals surface area (Å²) in [5.74, 6) is 0.810. The van der Waals surface area contributed by atoms with E-state index in [1.54, 1.807) is 17.9 Å². The first kappa shape index (κ1) is 15.1. The summed E-state index contributed by atoms with van der Waals surface area (Å²) in [5, 5.41) is 7.81. The van der Waals surface area contributed by atoms with Crippen molar-refractivity contribution in [2.45, 2.75) is 25.5 Å². The Hall–Kier alpha value is -2.48. The van der Waals surface area contributed by atoms with Gasteiger partial charge in [0.25, 0.3) is 5.91 Å². The molecule has 0 saturated carbocycles. The Labute approximate surface area is 137 Å². The van der Waals surface area contributed by atoms with E-state index in [1.165, 1.54) is 12.1 Å². The quantitative estimate of drug-likeness (QED) is 0.827. The van der Waals surface area contributed by atoms with E-state index >= 15 is 0 Å². The summed E-state index contributed by atoms with van der Waals surface area (Å²) in [6.07, 6.45) is -0.329. The van der Waals surface area contributed by atoms with Crippen molar-refractivity contribution in [2.75, 3.05) is 19.8 Å². The van der Waals surface area contributed by atoms with Gasteiger partial charge in [-0.1, -0.05) is 0 Å². The molecule has 0 radical (unpaired) electrons. The zero-order valence-corrected chi connectivity index (χ0v) is 13.1. The molecule has 1 fully saturated rings. The van der Waals surface area contributed by atoms with E-state index in [9.17, 15) is 9.18 Å². The lowest BCUT2D eigenvalue weighted by Gasteiger charge is -2.34. The Morgan fingerprint density at radius 2 is 2.25 bits per heavy atom. The van der Waals surface area contributed by atoms with Gasteiger partial charge in [0.15, 0.2) is 6.10 Å². The minimum Gasteiger partial charge on any atom is -0.480 e. The van der Waals surface area contributed by atoms with Gasteiger partial charge in [0.2, 0.25) is 11.8 Å². The topological polar surface area (TPSA) is 77.7 Å². The van der Waals surface area contributed by atoms with Crippen molar-refractivity contribution >= 4 is 5.91 Å². The van der Waals surface area contributed by atoms with Crippen molar-refractivity contribution in [3.63, 3.8) is 0 Å². The molecule has 0 spiro atoms. The first-order valence-electron chi connectivity index (χ1n) is 7.75. The van der Waals surface area contributed by atoms with Crippen molar-refractivity contribution in [1.82, 2.24) is 15.1 Å². The van der Waals surface area contributed by atoms with Crippen LogP contribution in [0.5, 0.6) is 5.75 Å². The second kappa shape index (κ2) is 5.86. The predicted molar refractivity (Wildman–Crippen MR) is 78.8 cm³/mol. The summed E-state index contributed by atoms with van der Waals surface area (Å²) in [5.41, 5.74) is 0.701. The van der Waals surface area contributed by atoms with Crippen molar-refractivity contribution < 1.29 is 23.1 Å². The van der Waals surface area contributed by atoms with Gasteiger partial charge in [0, 0.05) is 25.5 Å². The summed E-state index contributed by atoms with van der Waals surface area (Å²) >= 11 is 0. The van der Waals surface area contributed by atoms with Crippen LogP contribution in [0.25, 0.3) is 0 Å². The second-order valence-corrected chi connectivity index (χ2v) is 5.84. The summed E-state index contributed by atoms with van der Waals surface area (Å²) in [7, 11) is 0. The number of amides is 1. The fourth-order valence-electron chi connectivity index (χ4n) is 3.06. The third kappa shape index (κ3) is 2.62. The molecule has 2 aromatic rings. The SMILES string of the molecule is Cc1nnc([C@H]2COCCN2C(=O)[C@@H]2Cc3cc(F)ccc3O2)o1. The number of benzene rings is 1. The molecule has 1 aromatic carbocycles. The van der Waals surface area contributed by atoms with Gasteiger partial charge in [-0.05, 0) is 18.2 Å². The number of carbonyl (C=O) groups is 1. The Kier molecular flexibility index (Phi) is 3.68. The van der Waals surface area contributed by atoms with Crippen LogP contribution in [0, 0.1) is 12.7 Å². The van der Waals surface area contributed by atoms with Crippen LogP contribution in [-0.4, -0.2) is 46.9 Å².